The molecule has 0 atom stereocenters. The van der Waals surface area contributed by atoms with Gasteiger partial charge in [0.2, 0.25) is 0 Å². The van der Waals surface area contributed by atoms with Crippen molar-refractivity contribution in [1.82, 2.24) is 14.9 Å². The summed E-state index contributed by atoms with van der Waals surface area (Å²) < 4.78 is 0. The molecule has 5 nitrogen and oxygen atoms in total. The summed E-state index contributed by atoms with van der Waals surface area (Å²) in [6.07, 6.45) is 4.52. The molecule has 104 valence electrons. The number of anilines is 1. The molecule has 0 unspecified atom stereocenters. The molecule has 0 spiro atoms. The van der Waals surface area contributed by atoms with Crippen LogP contribution in [0.15, 0.2) is 29.9 Å². The third-order valence-corrected chi connectivity index (χ3v) is 4.32. The molecule has 1 fully saturated rings. The van der Waals surface area contributed by atoms with E-state index >= 15 is 0 Å². The van der Waals surface area contributed by atoms with Crippen molar-refractivity contribution in [1.29, 1.82) is 0 Å². The number of aromatic nitrogens is 2. The topological polar surface area (TPSA) is 49.3 Å². The zero-order chi connectivity index (χ0) is 13.8. The van der Waals surface area contributed by atoms with Crippen LogP contribution in [0, 0.1) is 0 Å². The quantitative estimate of drug-likeness (QED) is 0.801. The number of rotatable bonds is 4. The van der Waals surface area contributed by atoms with E-state index < -0.39 is 0 Å². The minimum Gasteiger partial charge on any atom is -0.346 e. The summed E-state index contributed by atoms with van der Waals surface area (Å²) in [6, 6.07) is 4.08. The molecule has 1 aliphatic rings. The highest BCUT2D eigenvalue weighted by Gasteiger charge is 2.19. The molecule has 1 aliphatic heterocycles. The number of carbonyl (C=O) groups is 1. The molecule has 0 aliphatic carbocycles. The predicted octanol–water partition coefficient (Wildman–Crippen LogP) is 1.67. The highest BCUT2D eigenvalue weighted by molar-refractivity contribution is 7.13. The Kier molecular flexibility index (Phi) is 4.03. The van der Waals surface area contributed by atoms with Crippen LogP contribution in [-0.4, -0.2) is 47.3 Å². The molecule has 3 heterocycles. The van der Waals surface area contributed by atoms with Crippen LogP contribution in [-0.2, 0) is 6.54 Å². The molecule has 0 bridgehead atoms. The number of piperazine rings is 1. The molecule has 0 radical (unpaired) electrons. The van der Waals surface area contributed by atoms with Crippen LogP contribution < -0.4 is 4.90 Å². The van der Waals surface area contributed by atoms with Crippen LogP contribution in [0.2, 0.25) is 0 Å². The van der Waals surface area contributed by atoms with Crippen LogP contribution in [0.3, 0.4) is 0 Å². The molecule has 0 aromatic carbocycles. The molecule has 6 heteroatoms. The lowest BCUT2D eigenvalue weighted by molar-refractivity contribution is 0.111. The summed E-state index contributed by atoms with van der Waals surface area (Å²) >= 11 is 1.54. The maximum Gasteiger partial charge on any atom is 0.186 e. The molecular weight excluding hydrogens is 272 g/mol. The number of pyridine rings is 1. The zero-order valence-electron chi connectivity index (χ0n) is 11.1. The first-order valence-corrected chi connectivity index (χ1v) is 7.50. The second kappa shape index (κ2) is 6.11. The Morgan fingerprint density at radius 3 is 2.80 bits per heavy atom. The van der Waals surface area contributed by atoms with E-state index in [4.69, 9.17) is 0 Å². The van der Waals surface area contributed by atoms with Gasteiger partial charge in [0, 0.05) is 50.5 Å². The second-order valence-electron chi connectivity index (χ2n) is 4.80. The molecule has 20 heavy (non-hydrogen) atoms. The van der Waals surface area contributed by atoms with Crippen molar-refractivity contribution in [3.8, 4) is 0 Å². The Morgan fingerprint density at radius 1 is 1.30 bits per heavy atom. The summed E-state index contributed by atoms with van der Waals surface area (Å²) in [5.41, 5.74) is 1.78. The number of hydrogen-bond acceptors (Lipinski definition) is 6. The van der Waals surface area contributed by atoms with Crippen LogP contribution >= 0.6 is 11.3 Å². The summed E-state index contributed by atoms with van der Waals surface area (Å²) in [7, 11) is 0. The van der Waals surface area contributed by atoms with Crippen molar-refractivity contribution in [3.63, 3.8) is 0 Å². The molecule has 2 aromatic rings. The molecular formula is C14H16N4OS. The third-order valence-electron chi connectivity index (χ3n) is 3.40. The van der Waals surface area contributed by atoms with Crippen LogP contribution in [0.1, 0.15) is 16.1 Å². The molecule has 2 aromatic heterocycles. The molecule has 0 saturated carbocycles. The Bertz CT molecular complexity index is 564. The van der Waals surface area contributed by atoms with Gasteiger partial charge in [-0.05, 0) is 11.6 Å². The minimum atomic E-state index is 0.530. The average molecular weight is 288 g/mol. The molecule has 0 N–H and O–H groups in total. The third kappa shape index (κ3) is 3.02. The van der Waals surface area contributed by atoms with Gasteiger partial charge in [-0.3, -0.25) is 14.7 Å². The number of aldehydes is 1. The first kappa shape index (κ1) is 13.2. The lowest BCUT2D eigenvalue weighted by Gasteiger charge is -2.34. The van der Waals surface area contributed by atoms with Gasteiger partial charge in [-0.15, -0.1) is 11.3 Å². The first-order valence-electron chi connectivity index (χ1n) is 6.62. The van der Waals surface area contributed by atoms with Gasteiger partial charge in [0.1, 0.15) is 5.69 Å². The van der Waals surface area contributed by atoms with E-state index in [0.29, 0.717) is 5.69 Å². The van der Waals surface area contributed by atoms with Crippen molar-refractivity contribution in [3.05, 3.63) is 41.2 Å². The van der Waals surface area contributed by atoms with Gasteiger partial charge in [0.05, 0.1) is 0 Å². The summed E-state index contributed by atoms with van der Waals surface area (Å²) in [5.74, 6) is 0. The van der Waals surface area contributed by atoms with E-state index in [9.17, 15) is 4.79 Å². The van der Waals surface area contributed by atoms with Crippen molar-refractivity contribution >= 4 is 22.8 Å². The minimum absolute atomic E-state index is 0.530. The van der Waals surface area contributed by atoms with Gasteiger partial charge in [-0.1, -0.05) is 6.07 Å². The van der Waals surface area contributed by atoms with Gasteiger partial charge in [0.25, 0.3) is 0 Å². The average Bonchev–Trinajstić information content (AvgIpc) is 2.98. The standard InChI is InChI=1S/C14H16N4OS/c19-10-13-11-20-14(16-13)18-6-4-17(5-7-18)9-12-2-1-3-15-8-12/h1-3,8,10-11H,4-7,9H2. The van der Waals surface area contributed by atoms with Crippen LogP contribution in [0.4, 0.5) is 5.13 Å². The van der Waals surface area contributed by atoms with E-state index in [1.807, 2.05) is 17.6 Å². The van der Waals surface area contributed by atoms with E-state index in [2.05, 4.69) is 25.8 Å². The normalized spacial score (nSPS) is 16.3. The number of nitrogens with zero attached hydrogens (tertiary/aromatic N) is 4. The van der Waals surface area contributed by atoms with Crippen molar-refractivity contribution in [2.75, 3.05) is 31.1 Å². The molecule has 1 saturated heterocycles. The summed E-state index contributed by atoms with van der Waals surface area (Å²) in [6.45, 7) is 4.85. The Hall–Kier alpha value is -1.79. The van der Waals surface area contributed by atoms with Crippen molar-refractivity contribution < 1.29 is 4.79 Å². The van der Waals surface area contributed by atoms with Crippen LogP contribution in [0.5, 0.6) is 0 Å². The summed E-state index contributed by atoms with van der Waals surface area (Å²) in [4.78, 5) is 23.8. The Labute approximate surface area is 121 Å². The van der Waals surface area contributed by atoms with E-state index in [-0.39, 0.29) is 0 Å². The Balaban J connectivity index is 1.55. The van der Waals surface area contributed by atoms with Crippen molar-refractivity contribution in [2.24, 2.45) is 0 Å². The Morgan fingerprint density at radius 2 is 2.15 bits per heavy atom. The maximum absolute atomic E-state index is 10.7. The fourth-order valence-corrected chi connectivity index (χ4v) is 3.15. The molecule has 3 rings (SSSR count). The van der Waals surface area contributed by atoms with Gasteiger partial charge < -0.3 is 4.90 Å². The number of thiazole rings is 1. The largest absolute Gasteiger partial charge is 0.346 e. The van der Waals surface area contributed by atoms with E-state index in [1.165, 1.54) is 5.56 Å². The molecule has 0 amide bonds. The smallest absolute Gasteiger partial charge is 0.186 e. The monoisotopic (exact) mass is 288 g/mol. The fourth-order valence-electron chi connectivity index (χ4n) is 2.32. The van der Waals surface area contributed by atoms with Gasteiger partial charge in [-0.25, -0.2) is 4.98 Å². The fraction of sp³-hybridized carbons (Fsp3) is 0.357. The first-order chi connectivity index (χ1) is 9.85. The SMILES string of the molecule is O=Cc1csc(N2CCN(Cc3cccnc3)CC2)n1. The number of carbonyl (C=O) groups excluding carboxylic acids is 1. The lowest BCUT2D eigenvalue weighted by atomic mass is 10.2. The zero-order valence-corrected chi connectivity index (χ0v) is 11.9. The summed E-state index contributed by atoms with van der Waals surface area (Å²) in [5, 5.41) is 2.76. The highest BCUT2D eigenvalue weighted by atomic mass is 32.1. The van der Waals surface area contributed by atoms with Crippen molar-refractivity contribution in [2.45, 2.75) is 6.54 Å². The lowest BCUT2D eigenvalue weighted by Crippen LogP contribution is -2.45. The van der Waals surface area contributed by atoms with Crippen LogP contribution in [0.25, 0.3) is 0 Å². The van der Waals surface area contributed by atoms with E-state index in [0.717, 1.165) is 44.1 Å². The number of hydrogen-bond donors (Lipinski definition) is 0. The van der Waals surface area contributed by atoms with Gasteiger partial charge >= 0.3 is 0 Å². The van der Waals surface area contributed by atoms with E-state index in [1.54, 1.807) is 17.5 Å². The highest BCUT2D eigenvalue weighted by Crippen LogP contribution is 2.21. The van der Waals surface area contributed by atoms with Gasteiger partial charge in [0.15, 0.2) is 11.4 Å². The maximum atomic E-state index is 10.7. The van der Waals surface area contributed by atoms with Gasteiger partial charge in [-0.2, -0.15) is 0 Å². The predicted molar refractivity (Wildman–Crippen MR) is 79.2 cm³/mol. The second-order valence-corrected chi connectivity index (χ2v) is 5.63.